The number of nitrogens with two attached hydrogens (primary N) is 1. The Kier molecular flexibility index (Phi) is 3.09. The zero-order valence-electron chi connectivity index (χ0n) is 11.1. The van der Waals surface area contributed by atoms with E-state index in [0.29, 0.717) is 17.1 Å². The predicted molar refractivity (Wildman–Crippen MR) is 73.7 cm³/mol. The molecule has 0 aliphatic carbocycles. The van der Waals surface area contributed by atoms with Crippen molar-refractivity contribution in [3.63, 3.8) is 0 Å². The first-order chi connectivity index (χ1) is 10.0. The van der Waals surface area contributed by atoms with E-state index < -0.39 is 11.6 Å². The lowest BCUT2D eigenvalue weighted by Gasteiger charge is -2.08. The van der Waals surface area contributed by atoms with Crippen molar-refractivity contribution in [1.29, 1.82) is 0 Å². The van der Waals surface area contributed by atoms with Crippen LogP contribution in [0.25, 0.3) is 17.1 Å². The Bertz CT molecular complexity index is 793. The van der Waals surface area contributed by atoms with Crippen molar-refractivity contribution < 1.29 is 8.78 Å². The normalized spacial score (nSPS) is 10.8. The highest BCUT2D eigenvalue weighted by molar-refractivity contribution is 5.73. The SMILES string of the molecule is Cc1ccc(N)c(-c2nnnn2-c2cc(F)cc(F)c2)c1. The standard InChI is InChI=1S/C14H11F2N5/c1-8-2-3-13(17)12(4-8)14-18-19-20-21(14)11-6-9(15)5-10(16)7-11/h2-7H,17H2,1H3. The van der Waals surface area contributed by atoms with Crippen LogP contribution in [-0.2, 0) is 0 Å². The number of anilines is 1. The van der Waals surface area contributed by atoms with Crippen molar-refractivity contribution >= 4 is 5.69 Å². The van der Waals surface area contributed by atoms with Crippen LogP contribution in [-0.4, -0.2) is 20.2 Å². The topological polar surface area (TPSA) is 69.6 Å². The fourth-order valence-corrected chi connectivity index (χ4v) is 2.05. The molecule has 21 heavy (non-hydrogen) atoms. The van der Waals surface area contributed by atoms with Gasteiger partial charge in [-0.3, -0.25) is 0 Å². The number of hydrogen-bond donors (Lipinski definition) is 1. The summed E-state index contributed by atoms with van der Waals surface area (Å²) in [7, 11) is 0. The third kappa shape index (κ3) is 2.45. The predicted octanol–water partition coefficient (Wildman–Crippen LogP) is 2.50. The second-order valence-electron chi connectivity index (χ2n) is 4.63. The molecule has 3 aromatic rings. The summed E-state index contributed by atoms with van der Waals surface area (Å²) in [6, 6.07) is 8.48. The van der Waals surface area contributed by atoms with Gasteiger partial charge in [0.15, 0.2) is 5.82 Å². The molecule has 2 aromatic carbocycles. The van der Waals surface area contributed by atoms with Crippen LogP contribution in [0.4, 0.5) is 14.5 Å². The molecular formula is C14H11F2N5. The fraction of sp³-hybridized carbons (Fsp3) is 0.0714. The van der Waals surface area contributed by atoms with Gasteiger partial charge in [0.2, 0.25) is 0 Å². The smallest absolute Gasteiger partial charge is 0.189 e. The van der Waals surface area contributed by atoms with E-state index in [4.69, 9.17) is 5.73 Å². The number of tetrazole rings is 1. The first-order valence-electron chi connectivity index (χ1n) is 6.16. The molecule has 0 amide bonds. The number of rotatable bonds is 2. The van der Waals surface area contributed by atoms with E-state index in [1.807, 2.05) is 19.1 Å². The average molecular weight is 287 g/mol. The van der Waals surface area contributed by atoms with Crippen molar-refractivity contribution in [2.45, 2.75) is 6.92 Å². The Hall–Kier alpha value is -2.83. The molecule has 0 aliphatic heterocycles. The summed E-state index contributed by atoms with van der Waals surface area (Å²) < 4.78 is 27.9. The minimum atomic E-state index is -0.705. The molecule has 1 heterocycles. The molecule has 0 bridgehead atoms. The third-order valence-electron chi connectivity index (χ3n) is 3.01. The van der Waals surface area contributed by atoms with Gasteiger partial charge in [0, 0.05) is 17.3 Å². The van der Waals surface area contributed by atoms with E-state index >= 15 is 0 Å². The number of benzene rings is 2. The number of nitrogen functional groups attached to an aromatic ring is 1. The van der Waals surface area contributed by atoms with Crippen LogP contribution in [0, 0.1) is 18.6 Å². The number of nitrogens with zero attached hydrogens (tertiary/aromatic N) is 4. The number of hydrogen-bond acceptors (Lipinski definition) is 4. The number of aromatic nitrogens is 4. The van der Waals surface area contributed by atoms with Gasteiger partial charge in [-0.25, -0.2) is 8.78 Å². The largest absolute Gasteiger partial charge is 0.398 e. The molecule has 0 aliphatic rings. The molecule has 5 nitrogen and oxygen atoms in total. The van der Waals surface area contributed by atoms with Gasteiger partial charge in [-0.1, -0.05) is 11.6 Å². The molecule has 106 valence electrons. The van der Waals surface area contributed by atoms with Gasteiger partial charge in [0.05, 0.1) is 5.69 Å². The Balaban J connectivity index is 2.19. The minimum absolute atomic E-state index is 0.188. The molecule has 0 spiro atoms. The van der Waals surface area contributed by atoms with Gasteiger partial charge in [-0.15, -0.1) is 5.10 Å². The van der Waals surface area contributed by atoms with E-state index in [9.17, 15) is 8.78 Å². The summed E-state index contributed by atoms with van der Waals surface area (Å²) >= 11 is 0. The quantitative estimate of drug-likeness (QED) is 0.735. The highest BCUT2D eigenvalue weighted by atomic mass is 19.1. The first-order valence-corrected chi connectivity index (χ1v) is 6.16. The monoisotopic (exact) mass is 287 g/mol. The molecule has 7 heteroatoms. The van der Waals surface area contributed by atoms with Crippen molar-refractivity contribution in [1.82, 2.24) is 20.2 Å². The van der Waals surface area contributed by atoms with Crippen molar-refractivity contribution in [3.8, 4) is 17.1 Å². The summed E-state index contributed by atoms with van der Waals surface area (Å²) in [5.41, 5.74) is 8.17. The lowest BCUT2D eigenvalue weighted by molar-refractivity contribution is 0.579. The molecule has 3 rings (SSSR count). The molecule has 0 atom stereocenters. The number of halogens is 2. The van der Waals surface area contributed by atoms with Gasteiger partial charge in [-0.2, -0.15) is 4.68 Å². The van der Waals surface area contributed by atoms with Crippen molar-refractivity contribution in [2.24, 2.45) is 0 Å². The molecule has 0 unspecified atom stereocenters. The summed E-state index contributed by atoms with van der Waals surface area (Å²) in [6.45, 7) is 1.90. The molecule has 0 radical (unpaired) electrons. The highest BCUT2D eigenvalue weighted by Crippen LogP contribution is 2.26. The van der Waals surface area contributed by atoms with E-state index in [-0.39, 0.29) is 5.69 Å². The maximum Gasteiger partial charge on any atom is 0.189 e. The van der Waals surface area contributed by atoms with Gasteiger partial charge in [0.25, 0.3) is 0 Å². The summed E-state index contributed by atoms with van der Waals surface area (Å²) in [4.78, 5) is 0. The summed E-state index contributed by atoms with van der Waals surface area (Å²) in [5.74, 6) is -1.09. The lowest BCUT2D eigenvalue weighted by atomic mass is 10.1. The number of aryl methyl sites for hydroxylation is 1. The van der Waals surface area contributed by atoms with E-state index in [1.54, 1.807) is 6.07 Å². The van der Waals surface area contributed by atoms with Gasteiger partial charge in [0.1, 0.15) is 11.6 Å². The summed E-state index contributed by atoms with van der Waals surface area (Å²) in [5, 5.41) is 11.3. The van der Waals surface area contributed by atoms with Crippen LogP contribution >= 0.6 is 0 Å². The maximum atomic E-state index is 13.4. The van der Waals surface area contributed by atoms with E-state index in [2.05, 4.69) is 15.5 Å². The van der Waals surface area contributed by atoms with Gasteiger partial charge >= 0.3 is 0 Å². The second-order valence-corrected chi connectivity index (χ2v) is 4.63. The Morgan fingerprint density at radius 2 is 1.76 bits per heavy atom. The fourth-order valence-electron chi connectivity index (χ4n) is 2.05. The Morgan fingerprint density at radius 1 is 1.05 bits per heavy atom. The van der Waals surface area contributed by atoms with Crippen LogP contribution in [0.2, 0.25) is 0 Å². The van der Waals surface area contributed by atoms with Crippen LogP contribution < -0.4 is 5.73 Å². The zero-order valence-corrected chi connectivity index (χ0v) is 11.1. The minimum Gasteiger partial charge on any atom is -0.398 e. The maximum absolute atomic E-state index is 13.4. The van der Waals surface area contributed by atoms with Crippen molar-refractivity contribution in [3.05, 3.63) is 53.6 Å². The zero-order chi connectivity index (χ0) is 15.0. The average Bonchev–Trinajstić information content (AvgIpc) is 2.89. The first kappa shape index (κ1) is 13.2. The van der Waals surface area contributed by atoms with Crippen LogP contribution in [0.15, 0.2) is 36.4 Å². The van der Waals surface area contributed by atoms with Gasteiger partial charge < -0.3 is 5.73 Å². The van der Waals surface area contributed by atoms with E-state index in [1.165, 1.54) is 4.68 Å². The molecule has 0 fully saturated rings. The second kappa shape index (κ2) is 4.93. The molecule has 0 saturated carbocycles. The van der Waals surface area contributed by atoms with Gasteiger partial charge in [-0.05, 0) is 41.6 Å². The summed E-state index contributed by atoms with van der Waals surface area (Å²) in [6.07, 6.45) is 0. The Labute approximate surface area is 119 Å². The third-order valence-corrected chi connectivity index (χ3v) is 3.01. The lowest BCUT2D eigenvalue weighted by Crippen LogP contribution is -2.03. The molecule has 2 N–H and O–H groups in total. The molecule has 0 saturated heterocycles. The Morgan fingerprint density at radius 3 is 2.48 bits per heavy atom. The molecule has 1 aromatic heterocycles. The van der Waals surface area contributed by atoms with Crippen LogP contribution in [0.1, 0.15) is 5.56 Å². The van der Waals surface area contributed by atoms with Crippen LogP contribution in [0.3, 0.4) is 0 Å². The van der Waals surface area contributed by atoms with E-state index in [0.717, 1.165) is 23.8 Å². The highest BCUT2D eigenvalue weighted by Gasteiger charge is 2.15. The van der Waals surface area contributed by atoms with Crippen molar-refractivity contribution in [2.75, 3.05) is 5.73 Å². The van der Waals surface area contributed by atoms with Crippen LogP contribution in [0.5, 0.6) is 0 Å². The molecular weight excluding hydrogens is 276 g/mol.